The molecule has 10 heavy (non-hydrogen) atoms. The summed E-state index contributed by atoms with van der Waals surface area (Å²) >= 11 is 0. The molecule has 0 aromatic carbocycles. The molecule has 0 spiro atoms. The molecular formula is C6H12O4. The SMILES string of the molecule is OCC1OC(O)CC[C@H]1O. The summed E-state index contributed by atoms with van der Waals surface area (Å²) in [7, 11) is 0. The van der Waals surface area contributed by atoms with E-state index in [2.05, 4.69) is 0 Å². The van der Waals surface area contributed by atoms with Crippen LogP contribution >= 0.6 is 0 Å². The first-order valence-corrected chi connectivity index (χ1v) is 3.36. The Balaban J connectivity index is 2.38. The maximum atomic E-state index is 9.09. The molecule has 3 atom stereocenters. The van der Waals surface area contributed by atoms with Crippen LogP contribution in [0.1, 0.15) is 12.8 Å². The van der Waals surface area contributed by atoms with E-state index >= 15 is 0 Å². The highest BCUT2D eigenvalue weighted by molar-refractivity contribution is 4.73. The van der Waals surface area contributed by atoms with Gasteiger partial charge >= 0.3 is 0 Å². The first-order valence-electron chi connectivity index (χ1n) is 3.36. The smallest absolute Gasteiger partial charge is 0.155 e. The fourth-order valence-electron chi connectivity index (χ4n) is 1.02. The average Bonchev–Trinajstić information content (AvgIpc) is 1.94. The number of ether oxygens (including phenoxy) is 1. The Hall–Kier alpha value is -0.160. The van der Waals surface area contributed by atoms with Crippen molar-refractivity contribution in [3.63, 3.8) is 0 Å². The van der Waals surface area contributed by atoms with Crippen molar-refractivity contribution in [3.8, 4) is 0 Å². The van der Waals surface area contributed by atoms with Crippen LogP contribution in [0.25, 0.3) is 0 Å². The Kier molecular flexibility index (Phi) is 2.62. The van der Waals surface area contributed by atoms with E-state index in [1.54, 1.807) is 0 Å². The van der Waals surface area contributed by atoms with E-state index in [-0.39, 0.29) is 6.61 Å². The lowest BCUT2D eigenvalue weighted by molar-refractivity contribution is -0.207. The lowest BCUT2D eigenvalue weighted by Gasteiger charge is -2.29. The molecule has 0 saturated carbocycles. The highest BCUT2D eigenvalue weighted by atomic mass is 16.6. The minimum Gasteiger partial charge on any atom is -0.394 e. The molecule has 0 aromatic heterocycles. The zero-order chi connectivity index (χ0) is 7.56. The average molecular weight is 148 g/mol. The standard InChI is InChI=1S/C6H12O4/c7-3-5-4(8)1-2-6(9)10-5/h4-9H,1-3H2/t4-,5?,6?/m1/s1. The second-order valence-corrected chi connectivity index (χ2v) is 2.46. The number of rotatable bonds is 1. The fourth-order valence-corrected chi connectivity index (χ4v) is 1.02. The molecule has 0 radical (unpaired) electrons. The van der Waals surface area contributed by atoms with E-state index in [0.29, 0.717) is 12.8 Å². The normalized spacial score (nSPS) is 41.7. The van der Waals surface area contributed by atoms with Crippen molar-refractivity contribution >= 4 is 0 Å². The Morgan fingerprint density at radius 2 is 2.00 bits per heavy atom. The van der Waals surface area contributed by atoms with Gasteiger partial charge in [-0.2, -0.15) is 0 Å². The summed E-state index contributed by atoms with van der Waals surface area (Å²) < 4.78 is 4.80. The van der Waals surface area contributed by atoms with Crippen LogP contribution in [0.5, 0.6) is 0 Å². The van der Waals surface area contributed by atoms with Crippen molar-refractivity contribution in [3.05, 3.63) is 0 Å². The van der Waals surface area contributed by atoms with Gasteiger partial charge in [-0.3, -0.25) is 0 Å². The molecular weight excluding hydrogens is 136 g/mol. The molecule has 4 heteroatoms. The summed E-state index contributed by atoms with van der Waals surface area (Å²) in [6.45, 7) is -0.238. The quantitative estimate of drug-likeness (QED) is 0.438. The lowest BCUT2D eigenvalue weighted by atomic mass is 10.1. The van der Waals surface area contributed by atoms with Crippen molar-refractivity contribution in [1.29, 1.82) is 0 Å². The van der Waals surface area contributed by atoms with Gasteiger partial charge in [-0.05, 0) is 6.42 Å². The van der Waals surface area contributed by atoms with Crippen LogP contribution in [0, 0.1) is 0 Å². The van der Waals surface area contributed by atoms with Crippen LogP contribution in [0.4, 0.5) is 0 Å². The molecule has 60 valence electrons. The van der Waals surface area contributed by atoms with Gasteiger partial charge in [0.05, 0.1) is 12.7 Å². The maximum absolute atomic E-state index is 9.09. The van der Waals surface area contributed by atoms with Gasteiger partial charge in [0.1, 0.15) is 6.10 Å². The Morgan fingerprint density at radius 3 is 2.50 bits per heavy atom. The topological polar surface area (TPSA) is 69.9 Å². The van der Waals surface area contributed by atoms with E-state index in [4.69, 9.17) is 20.1 Å². The molecule has 0 amide bonds. The van der Waals surface area contributed by atoms with Gasteiger partial charge in [0.15, 0.2) is 6.29 Å². The van der Waals surface area contributed by atoms with Crippen molar-refractivity contribution < 1.29 is 20.1 Å². The zero-order valence-electron chi connectivity index (χ0n) is 5.60. The molecule has 1 fully saturated rings. The molecule has 1 aliphatic rings. The lowest BCUT2D eigenvalue weighted by Crippen LogP contribution is -2.40. The van der Waals surface area contributed by atoms with Crippen LogP contribution in [0.2, 0.25) is 0 Å². The minimum atomic E-state index is -0.819. The molecule has 1 heterocycles. The number of aliphatic hydroxyl groups is 3. The summed E-state index contributed by atoms with van der Waals surface area (Å²) in [5.74, 6) is 0. The van der Waals surface area contributed by atoms with Gasteiger partial charge in [0.2, 0.25) is 0 Å². The summed E-state index contributed by atoms with van der Waals surface area (Å²) in [6.07, 6.45) is -1.12. The van der Waals surface area contributed by atoms with Gasteiger partial charge in [-0.15, -0.1) is 0 Å². The zero-order valence-corrected chi connectivity index (χ0v) is 5.60. The first-order chi connectivity index (χ1) is 4.74. The highest BCUT2D eigenvalue weighted by Crippen LogP contribution is 2.17. The van der Waals surface area contributed by atoms with Gasteiger partial charge in [0, 0.05) is 6.42 Å². The van der Waals surface area contributed by atoms with E-state index in [1.807, 2.05) is 0 Å². The third kappa shape index (κ3) is 1.67. The van der Waals surface area contributed by atoms with Gasteiger partial charge in [0.25, 0.3) is 0 Å². The summed E-state index contributed by atoms with van der Waals surface area (Å²) in [5.41, 5.74) is 0. The number of aliphatic hydroxyl groups excluding tert-OH is 3. The van der Waals surface area contributed by atoms with Crippen molar-refractivity contribution in [2.45, 2.75) is 31.3 Å². The second-order valence-electron chi connectivity index (χ2n) is 2.46. The number of hydrogen-bond donors (Lipinski definition) is 3. The third-order valence-electron chi connectivity index (χ3n) is 1.65. The predicted molar refractivity (Wildman–Crippen MR) is 33.2 cm³/mol. The van der Waals surface area contributed by atoms with Crippen LogP contribution < -0.4 is 0 Å². The highest BCUT2D eigenvalue weighted by Gasteiger charge is 2.27. The third-order valence-corrected chi connectivity index (χ3v) is 1.65. The minimum absolute atomic E-state index is 0.238. The van der Waals surface area contributed by atoms with Crippen LogP contribution in [0.3, 0.4) is 0 Å². The maximum Gasteiger partial charge on any atom is 0.155 e. The summed E-state index contributed by atoms with van der Waals surface area (Å²) in [6, 6.07) is 0. The van der Waals surface area contributed by atoms with Crippen LogP contribution in [0.15, 0.2) is 0 Å². The molecule has 1 aliphatic heterocycles. The van der Waals surface area contributed by atoms with Crippen molar-refractivity contribution in [2.75, 3.05) is 6.61 Å². The molecule has 1 saturated heterocycles. The van der Waals surface area contributed by atoms with E-state index < -0.39 is 18.5 Å². The van der Waals surface area contributed by atoms with Gasteiger partial charge in [-0.25, -0.2) is 0 Å². The van der Waals surface area contributed by atoms with Crippen molar-refractivity contribution in [1.82, 2.24) is 0 Å². The monoisotopic (exact) mass is 148 g/mol. The molecule has 4 nitrogen and oxygen atoms in total. The Bertz CT molecular complexity index is 106. The van der Waals surface area contributed by atoms with Crippen LogP contribution in [-0.2, 0) is 4.74 Å². The molecule has 1 rings (SSSR count). The second kappa shape index (κ2) is 3.30. The van der Waals surface area contributed by atoms with E-state index in [1.165, 1.54) is 0 Å². The molecule has 3 N–H and O–H groups in total. The largest absolute Gasteiger partial charge is 0.394 e. The van der Waals surface area contributed by atoms with Crippen LogP contribution in [-0.4, -0.2) is 40.4 Å². The molecule has 0 aliphatic carbocycles. The van der Waals surface area contributed by atoms with E-state index in [0.717, 1.165) is 0 Å². The first kappa shape index (κ1) is 7.94. The Morgan fingerprint density at radius 1 is 1.30 bits per heavy atom. The number of hydrogen-bond acceptors (Lipinski definition) is 4. The summed E-state index contributed by atoms with van der Waals surface area (Å²) in [4.78, 5) is 0. The predicted octanol–water partition coefficient (Wildman–Crippen LogP) is -1.16. The van der Waals surface area contributed by atoms with Gasteiger partial charge < -0.3 is 20.1 Å². The molecule has 0 bridgehead atoms. The van der Waals surface area contributed by atoms with Crippen molar-refractivity contribution in [2.24, 2.45) is 0 Å². The van der Waals surface area contributed by atoms with Gasteiger partial charge in [-0.1, -0.05) is 0 Å². The molecule has 0 aromatic rings. The fraction of sp³-hybridized carbons (Fsp3) is 1.00. The Labute approximate surface area is 59.1 Å². The molecule has 2 unspecified atom stereocenters. The summed E-state index contributed by atoms with van der Waals surface area (Å²) in [5, 5.41) is 26.6. The van der Waals surface area contributed by atoms with E-state index in [9.17, 15) is 0 Å².